The summed E-state index contributed by atoms with van der Waals surface area (Å²) < 4.78 is 0. The molecule has 0 bridgehead atoms. The molecule has 100 valence electrons. The topological polar surface area (TPSA) is 50.1 Å². The molecule has 0 spiro atoms. The van der Waals surface area contributed by atoms with Crippen molar-refractivity contribution in [1.82, 2.24) is 10.6 Å². The van der Waals surface area contributed by atoms with Crippen molar-refractivity contribution in [2.45, 2.75) is 31.3 Å². The Hall–Kier alpha value is -0.970. The predicted molar refractivity (Wildman–Crippen MR) is 81.9 cm³/mol. The lowest BCUT2D eigenvalue weighted by molar-refractivity contribution is 0.569. The molecule has 1 aliphatic rings. The maximum absolute atomic E-state index is 5.57. The highest BCUT2D eigenvalue weighted by atomic mass is 32.1. The van der Waals surface area contributed by atoms with E-state index in [1.54, 1.807) is 5.49 Å². The van der Waals surface area contributed by atoms with Crippen LogP contribution in [0.25, 0.3) is 0 Å². The summed E-state index contributed by atoms with van der Waals surface area (Å²) in [6.07, 6.45) is 3.63. The number of rotatable bonds is 6. The van der Waals surface area contributed by atoms with Gasteiger partial charge in [0.15, 0.2) is 0 Å². The average molecular weight is 265 g/mol. The summed E-state index contributed by atoms with van der Waals surface area (Å²) in [6, 6.07) is 11.5. The summed E-state index contributed by atoms with van der Waals surface area (Å²) in [6.45, 7) is 0.686. The second-order valence-corrected chi connectivity index (χ2v) is 4.71. The SMILES string of the molecule is CN[C@@H](CN)Cc1ccccc1.S=CNC1CC1. The van der Waals surface area contributed by atoms with Crippen LogP contribution < -0.4 is 16.4 Å². The largest absolute Gasteiger partial charge is 0.379 e. The van der Waals surface area contributed by atoms with Crippen molar-refractivity contribution in [3.05, 3.63) is 35.9 Å². The lowest BCUT2D eigenvalue weighted by atomic mass is 10.1. The van der Waals surface area contributed by atoms with Crippen molar-refractivity contribution >= 4 is 17.7 Å². The fourth-order valence-electron chi connectivity index (χ4n) is 1.55. The number of benzene rings is 1. The molecule has 1 aromatic carbocycles. The van der Waals surface area contributed by atoms with Gasteiger partial charge < -0.3 is 16.4 Å². The zero-order valence-corrected chi connectivity index (χ0v) is 11.7. The third-order valence-corrected chi connectivity index (χ3v) is 3.03. The highest BCUT2D eigenvalue weighted by molar-refractivity contribution is 7.78. The van der Waals surface area contributed by atoms with E-state index in [0.717, 1.165) is 12.5 Å². The normalized spacial score (nSPS) is 15.2. The molecular weight excluding hydrogens is 242 g/mol. The van der Waals surface area contributed by atoms with Gasteiger partial charge in [0.25, 0.3) is 0 Å². The van der Waals surface area contributed by atoms with Crippen LogP contribution in [0.2, 0.25) is 0 Å². The average Bonchev–Trinajstić information content (AvgIpc) is 3.22. The molecule has 0 heterocycles. The van der Waals surface area contributed by atoms with Gasteiger partial charge >= 0.3 is 0 Å². The number of hydrogen-bond donors (Lipinski definition) is 3. The second kappa shape index (κ2) is 9.03. The van der Waals surface area contributed by atoms with E-state index in [4.69, 9.17) is 5.73 Å². The zero-order chi connectivity index (χ0) is 13.2. The van der Waals surface area contributed by atoms with E-state index in [0.29, 0.717) is 12.6 Å². The Balaban J connectivity index is 0.000000225. The second-order valence-electron chi connectivity index (χ2n) is 4.47. The van der Waals surface area contributed by atoms with Gasteiger partial charge in [0, 0.05) is 18.6 Å². The van der Waals surface area contributed by atoms with Crippen LogP contribution in [0.3, 0.4) is 0 Å². The Morgan fingerprint density at radius 1 is 1.39 bits per heavy atom. The number of nitrogens with two attached hydrogens (primary N) is 1. The van der Waals surface area contributed by atoms with E-state index in [1.165, 1.54) is 18.4 Å². The highest BCUT2D eigenvalue weighted by Crippen LogP contribution is 2.17. The summed E-state index contributed by atoms with van der Waals surface area (Å²) in [5.74, 6) is 0. The Morgan fingerprint density at radius 2 is 2.06 bits per heavy atom. The maximum Gasteiger partial charge on any atom is 0.0617 e. The van der Waals surface area contributed by atoms with Crippen molar-refractivity contribution in [3.63, 3.8) is 0 Å². The van der Waals surface area contributed by atoms with Crippen LogP contribution in [-0.2, 0) is 6.42 Å². The molecular formula is C14H23N3S. The first-order chi connectivity index (χ1) is 8.80. The molecule has 1 aliphatic carbocycles. The van der Waals surface area contributed by atoms with Crippen molar-refractivity contribution in [1.29, 1.82) is 0 Å². The van der Waals surface area contributed by atoms with Crippen LogP contribution in [0.15, 0.2) is 30.3 Å². The van der Waals surface area contributed by atoms with E-state index in [1.807, 2.05) is 13.1 Å². The van der Waals surface area contributed by atoms with Crippen LogP contribution in [0.5, 0.6) is 0 Å². The number of thiocarbonyl (C=S) groups is 1. The van der Waals surface area contributed by atoms with E-state index >= 15 is 0 Å². The van der Waals surface area contributed by atoms with Crippen molar-refractivity contribution in [2.24, 2.45) is 5.73 Å². The predicted octanol–water partition coefficient (Wildman–Crippen LogP) is 1.47. The van der Waals surface area contributed by atoms with Gasteiger partial charge in [-0.2, -0.15) is 0 Å². The van der Waals surface area contributed by atoms with Gasteiger partial charge in [0.05, 0.1) is 5.49 Å². The van der Waals surface area contributed by atoms with E-state index in [9.17, 15) is 0 Å². The first kappa shape index (κ1) is 15.1. The minimum atomic E-state index is 0.396. The lowest BCUT2D eigenvalue weighted by Gasteiger charge is -2.12. The van der Waals surface area contributed by atoms with Gasteiger partial charge in [0.1, 0.15) is 0 Å². The minimum absolute atomic E-state index is 0.396. The molecule has 2 rings (SSSR count). The number of likely N-dealkylation sites (N-methyl/N-ethyl adjacent to an activating group) is 1. The fraction of sp³-hybridized carbons (Fsp3) is 0.500. The number of nitrogens with one attached hydrogen (secondary N) is 2. The third-order valence-electron chi connectivity index (χ3n) is 2.90. The monoisotopic (exact) mass is 265 g/mol. The smallest absolute Gasteiger partial charge is 0.0617 e. The molecule has 0 saturated heterocycles. The van der Waals surface area contributed by atoms with Gasteiger partial charge in [-0.1, -0.05) is 42.5 Å². The maximum atomic E-state index is 5.57. The molecule has 4 N–H and O–H groups in total. The summed E-state index contributed by atoms with van der Waals surface area (Å²) in [4.78, 5) is 0. The Labute approximate surface area is 115 Å². The molecule has 1 atom stereocenters. The summed E-state index contributed by atoms with van der Waals surface area (Å²) in [5, 5.41) is 6.18. The molecule has 0 amide bonds. The lowest BCUT2D eigenvalue weighted by Crippen LogP contribution is -2.35. The molecule has 18 heavy (non-hydrogen) atoms. The molecule has 4 heteroatoms. The highest BCUT2D eigenvalue weighted by Gasteiger charge is 2.18. The molecule has 3 nitrogen and oxygen atoms in total. The molecule has 1 aromatic rings. The third kappa shape index (κ3) is 6.69. The van der Waals surface area contributed by atoms with Crippen LogP contribution in [0.1, 0.15) is 18.4 Å². The van der Waals surface area contributed by atoms with Crippen molar-refractivity contribution < 1.29 is 0 Å². The molecule has 1 fully saturated rings. The molecule has 0 aromatic heterocycles. The summed E-state index contributed by atoms with van der Waals surface area (Å²) in [5.41, 5.74) is 8.50. The van der Waals surface area contributed by atoms with Gasteiger partial charge in [-0.25, -0.2) is 0 Å². The molecule has 0 radical (unpaired) electrons. The summed E-state index contributed by atoms with van der Waals surface area (Å²) in [7, 11) is 1.94. The van der Waals surface area contributed by atoms with Crippen molar-refractivity contribution in [3.8, 4) is 0 Å². The van der Waals surface area contributed by atoms with Crippen molar-refractivity contribution in [2.75, 3.05) is 13.6 Å². The van der Waals surface area contributed by atoms with Gasteiger partial charge in [-0.15, -0.1) is 0 Å². The van der Waals surface area contributed by atoms with E-state index in [-0.39, 0.29) is 0 Å². The first-order valence-corrected chi connectivity index (χ1v) is 6.88. The Morgan fingerprint density at radius 3 is 2.44 bits per heavy atom. The minimum Gasteiger partial charge on any atom is -0.379 e. The van der Waals surface area contributed by atoms with Gasteiger partial charge in [0.2, 0.25) is 0 Å². The Bertz CT molecular complexity index is 321. The van der Waals surface area contributed by atoms with Crippen LogP contribution in [0.4, 0.5) is 0 Å². The van der Waals surface area contributed by atoms with Gasteiger partial charge in [-0.3, -0.25) is 0 Å². The summed E-state index contributed by atoms with van der Waals surface area (Å²) >= 11 is 4.53. The van der Waals surface area contributed by atoms with E-state index in [2.05, 4.69) is 47.1 Å². The Kier molecular flexibility index (Phi) is 7.57. The quantitative estimate of drug-likeness (QED) is 0.682. The number of hydrogen-bond acceptors (Lipinski definition) is 3. The fourth-order valence-corrected chi connectivity index (χ4v) is 1.74. The molecule has 1 saturated carbocycles. The zero-order valence-electron chi connectivity index (χ0n) is 10.9. The molecule has 0 aliphatic heterocycles. The van der Waals surface area contributed by atoms with Gasteiger partial charge in [-0.05, 0) is 31.9 Å². The standard InChI is InChI=1S/C10H16N2.C4H7NS/c1-12-10(8-11)7-9-5-3-2-4-6-9;6-3-5-4-1-2-4/h2-6,10,12H,7-8,11H2,1H3;3-4H,1-2H2,(H,5,6)/t10-;/m1./s1. The van der Waals surface area contributed by atoms with E-state index < -0.39 is 0 Å². The first-order valence-electron chi connectivity index (χ1n) is 6.41. The van der Waals surface area contributed by atoms with Crippen LogP contribution >= 0.6 is 12.2 Å². The van der Waals surface area contributed by atoms with Crippen LogP contribution in [-0.4, -0.2) is 31.2 Å². The van der Waals surface area contributed by atoms with Crippen LogP contribution in [0, 0.1) is 0 Å². The molecule has 0 unspecified atom stereocenters.